The molecule has 2 N–H and O–H groups in total. The summed E-state index contributed by atoms with van der Waals surface area (Å²) in [6, 6.07) is 20.8. The molecular weight excluding hydrogens is 498 g/mol. The molecule has 1 saturated carbocycles. The normalized spacial score (nSPS) is 16.5. The SMILES string of the molecule is CN(C)c1ccc(CN[C@@H]2C[C@H]2c2ccc(NC(=O)c3cccc(C(F)(F)F)c3)cc2)cc1.Cl.Cl. The highest BCUT2D eigenvalue weighted by molar-refractivity contribution is 6.04. The monoisotopic (exact) mass is 525 g/mol. The van der Waals surface area contributed by atoms with Crippen molar-refractivity contribution in [3.8, 4) is 0 Å². The summed E-state index contributed by atoms with van der Waals surface area (Å²) in [5.74, 6) is -0.153. The summed E-state index contributed by atoms with van der Waals surface area (Å²) in [5, 5.41) is 6.25. The first kappa shape index (κ1) is 28.5. The molecule has 3 aromatic carbocycles. The van der Waals surface area contributed by atoms with Crippen molar-refractivity contribution in [2.75, 3.05) is 24.3 Å². The van der Waals surface area contributed by atoms with Gasteiger partial charge in [0, 0.05) is 49.5 Å². The highest BCUT2D eigenvalue weighted by atomic mass is 35.5. The van der Waals surface area contributed by atoms with Gasteiger partial charge >= 0.3 is 6.18 Å². The highest BCUT2D eigenvalue weighted by Gasteiger charge is 2.37. The minimum Gasteiger partial charge on any atom is -0.378 e. The Morgan fingerprint density at radius 3 is 2.23 bits per heavy atom. The van der Waals surface area contributed by atoms with Gasteiger partial charge in [-0.15, -0.1) is 24.8 Å². The number of benzene rings is 3. The molecule has 0 bridgehead atoms. The molecule has 3 aromatic rings. The van der Waals surface area contributed by atoms with E-state index in [9.17, 15) is 18.0 Å². The number of nitrogens with one attached hydrogen (secondary N) is 2. The van der Waals surface area contributed by atoms with Gasteiger partial charge in [-0.1, -0.05) is 30.3 Å². The maximum atomic E-state index is 12.9. The van der Waals surface area contributed by atoms with Crippen molar-refractivity contribution in [1.82, 2.24) is 5.32 Å². The van der Waals surface area contributed by atoms with E-state index in [1.54, 1.807) is 12.1 Å². The number of rotatable bonds is 7. The van der Waals surface area contributed by atoms with Crippen LogP contribution in [0.25, 0.3) is 0 Å². The van der Waals surface area contributed by atoms with Crippen molar-refractivity contribution in [3.05, 3.63) is 95.1 Å². The van der Waals surface area contributed by atoms with Crippen LogP contribution in [0.2, 0.25) is 0 Å². The molecule has 4 rings (SSSR count). The molecule has 0 saturated heterocycles. The second kappa shape index (κ2) is 11.8. The molecule has 0 aliphatic heterocycles. The topological polar surface area (TPSA) is 44.4 Å². The molecule has 1 fully saturated rings. The maximum absolute atomic E-state index is 12.9. The van der Waals surface area contributed by atoms with Gasteiger partial charge in [-0.25, -0.2) is 0 Å². The zero-order valence-corrected chi connectivity index (χ0v) is 20.9. The quantitative estimate of drug-likeness (QED) is 0.369. The number of halogens is 5. The van der Waals surface area contributed by atoms with E-state index in [1.807, 2.05) is 26.2 Å². The number of alkyl halides is 3. The summed E-state index contributed by atoms with van der Waals surface area (Å²) in [6.07, 6.45) is -3.44. The van der Waals surface area contributed by atoms with E-state index in [2.05, 4.69) is 39.8 Å². The fraction of sp³-hybridized carbons (Fsp3) is 0.269. The van der Waals surface area contributed by atoms with Crippen LogP contribution < -0.4 is 15.5 Å². The first-order valence-corrected chi connectivity index (χ1v) is 10.8. The van der Waals surface area contributed by atoms with Crippen LogP contribution in [0.5, 0.6) is 0 Å². The van der Waals surface area contributed by atoms with Crippen LogP contribution in [0.4, 0.5) is 24.5 Å². The number of hydrogen-bond acceptors (Lipinski definition) is 3. The van der Waals surface area contributed by atoms with Crippen molar-refractivity contribution < 1.29 is 18.0 Å². The van der Waals surface area contributed by atoms with Crippen molar-refractivity contribution in [2.45, 2.75) is 31.1 Å². The van der Waals surface area contributed by atoms with Gasteiger partial charge in [0.25, 0.3) is 5.91 Å². The molecule has 0 spiro atoms. The van der Waals surface area contributed by atoms with Crippen molar-refractivity contribution in [2.24, 2.45) is 0 Å². The Morgan fingerprint density at radius 2 is 1.63 bits per heavy atom. The lowest BCUT2D eigenvalue weighted by Crippen LogP contribution is -2.17. The predicted octanol–water partition coefficient (Wildman–Crippen LogP) is 6.51. The van der Waals surface area contributed by atoms with Gasteiger partial charge in [-0.05, 0) is 60.0 Å². The van der Waals surface area contributed by atoms with Crippen LogP contribution in [0, 0.1) is 0 Å². The standard InChI is InChI=1S/C26H26F3N3O.2ClH/c1-32(2)22-12-6-17(7-13-22)16-30-24-15-23(24)18-8-10-21(11-9-18)31-25(33)19-4-3-5-20(14-19)26(27,28)29;;/h3-14,23-24,30H,15-16H2,1-2H3,(H,31,33);2*1H/t23-,24+;;/m0../s1. The number of carbonyl (C=O) groups excluding carboxylic acids is 1. The smallest absolute Gasteiger partial charge is 0.378 e. The molecule has 1 aliphatic rings. The lowest BCUT2D eigenvalue weighted by molar-refractivity contribution is -0.137. The van der Waals surface area contributed by atoms with Crippen LogP contribution in [-0.2, 0) is 12.7 Å². The molecule has 188 valence electrons. The third kappa shape index (κ3) is 7.37. The van der Waals surface area contributed by atoms with E-state index in [1.165, 1.54) is 28.9 Å². The summed E-state index contributed by atoms with van der Waals surface area (Å²) >= 11 is 0. The lowest BCUT2D eigenvalue weighted by Gasteiger charge is -2.13. The molecule has 35 heavy (non-hydrogen) atoms. The Hall–Kier alpha value is -2.74. The summed E-state index contributed by atoms with van der Waals surface area (Å²) in [6.45, 7) is 0.806. The molecule has 1 amide bonds. The number of anilines is 2. The molecule has 0 unspecified atom stereocenters. The summed E-state index contributed by atoms with van der Waals surface area (Å²) < 4.78 is 38.6. The minimum atomic E-state index is -4.48. The average molecular weight is 526 g/mol. The van der Waals surface area contributed by atoms with Crippen LogP contribution in [-0.4, -0.2) is 26.0 Å². The van der Waals surface area contributed by atoms with Gasteiger partial charge in [0.2, 0.25) is 0 Å². The van der Waals surface area contributed by atoms with E-state index in [-0.39, 0.29) is 30.4 Å². The molecular formula is C26H28Cl2F3N3O. The summed E-state index contributed by atoms with van der Waals surface area (Å²) in [5.41, 5.74) is 3.26. The fourth-order valence-electron chi connectivity index (χ4n) is 3.80. The van der Waals surface area contributed by atoms with Gasteiger partial charge in [0.05, 0.1) is 5.56 Å². The molecule has 2 atom stereocenters. The summed E-state index contributed by atoms with van der Waals surface area (Å²) in [4.78, 5) is 14.4. The van der Waals surface area contributed by atoms with E-state index in [0.29, 0.717) is 17.6 Å². The van der Waals surface area contributed by atoms with Crippen LogP contribution >= 0.6 is 24.8 Å². The largest absolute Gasteiger partial charge is 0.416 e. The van der Waals surface area contributed by atoms with Gasteiger partial charge in [-0.2, -0.15) is 13.2 Å². The predicted molar refractivity (Wildman–Crippen MR) is 139 cm³/mol. The van der Waals surface area contributed by atoms with Gasteiger partial charge in [0.15, 0.2) is 0 Å². The Bertz CT molecular complexity index is 1120. The second-order valence-electron chi connectivity index (χ2n) is 8.55. The van der Waals surface area contributed by atoms with E-state index in [4.69, 9.17) is 0 Å². The first-order chi connectivity index (χ1) is 15.7. The molecule has 0 aromatic heterocycles. The van der Waals surface area contributed by atoms with Crippen molar-refractivity contribution >= 4 is 42.1 Å². The van der Waals surface area contributed by atoms with Crippen molar-refractivity contribution in [3.63, 3.8) is 0 Å². The number of hydrogen-bond donors (Lipinski definition) is 2. The van der Waals surface area contributed by atoms with Crippen LogP contribution in [0.15, 0.2) is 72.8 Å². The molecule has 1 aliphatic carbocycles. The Morgan fingerprint density at radius 1 is 0.971 bits per heavy atom. The number of nitrogens with zero attached hydrogens (tertiary/aromatic N) is 1. The number of amides is 1. The van der Waals surface area contributed by atoms with E-state index < -0.39 is 17.6 Å². The van der Waals surface area contributed by atoms with Crippen LogP contribution in [0.1, 0.15) is 39.4 Å². The van der Waals surface area contributed by atoms with E-state index >= 15 is 0 Å². The van der Waals surface area contributed by atoms with Gasteiger partial charge in [0.1, 0.15) is 0 Å². The molecule has 9 heteroatoms. The third-order valence-electron chi connectivity index (χ3n) is 5.86. The molecule has 4 nitrogen and oxygen atoms in total. The van der Waals surface area contributed by atoms with E-state index in [0.717, 1.165) is 25.1 Å². The Kier molecular flexibility index (Phi) is 9.60. The number of carbonyl (C=O) groups is 1. The third-order valence-corrected chi connectivity index (χ3v) is 5.86. The minimum absolute atomic E-state index is 0. The Balaban J connectivity index is 0.00000216. The average Bonchev–Trinajstić information content (AvgIpc) is 3.58. The van der Waals surface area contributed by atoms with Gasteiger partial charge < -0.3 is 15.5 Å². The fourth-order valence-corrected chi connectivity index (χ4v) is 3.80. The molecule has 0 radical (unpaired) electrons. The maximum Gasteiger partial charge on any atom is 0.416 e. The zero-order valence-electron chi connectivity index (χ0n) is 19.3. The van der Waals surface area contributed by atoms with Gasteiger partial charge in [-0.3, -0.25) is 4.79 Å². The first-order valence-electron chi connectivity index (χ1n) is 10.8. The second-order valence-corrected chi connectivity index (χ2v) is 8.55. The van der Waals surface area contributed by atoms with Crippen LogP contribution in [0.3, 0.4) is 0 Å². The highest BCUT2D eigenvalue weighted by Crippen LogP contribution is 2.41. The van der Waals surface area contributed by atoms with Crippen molar-refractivity contribution in [1.29, 1.82) is 0 Å². The summed E-state index contributed by atoms with van der Waals surface area (Å²) in [7, 11) is 4.04. The zero-order chi connectivity index (χ0) is 23.6. The molecule has 0 heterocycles. The Labute approximate surface area is 215 Å². The lowest BCUT2D eigenvalue weighted by atomic mass is 10.1.